The quantitative estimate of drug-likeness (QED) is 0.723. The lowest BCUT2D eigenvalue weighted by molar-refractivity contribution is 0.475. The highest BCUT2D eigenvalue weighted by atomic mass is 35.5. The highest BCUT2D eigenvalue weighted by Crippen LogP contribution is 2.27. The predicted molar refractivity (Wildman–Crippen MR) is 70.3 cm³/mol. The lowest BCUT2D eigenvalue weighted by Gasteiger charge is -2.18. The van der Waals surface area contributed by atoms with Gasteiger partial charge in [-0.2, -0.15) is 0 Å². The molecule has 3 heteroatoms. The molecule has 1 rings (SSSR count). The zero-order chi connectivity index (χ0) is 12.0. The van der Waals surface area contributed by atoms with Crippen LogP contribution in [0.4, 0.5) is 5.69 Å². The molecule has 90 valence electrons. The van der Waals surface area contributed by atoms with Crippen LogP contribution in [0, 0.1) is 0 Å². The number of rotatable bonds is 6. The minimum atomic E-state index is 0.133. The molecule has 1 unspecified atom stereocenters. The van der Waals surface area contributed by atoms with Gasteiger partial charge in [-0.1, -0.05) is 38.3 Å². The molecule has 2 nitrogen and oxygen atoms in total. The van der Waals surface area contributed by atoms with Gasteiger partial charge in [0.25, 0.3) is 0 Å². The molecule has 0 aliphatic carbocycles. The van der Waals surface area contributed by atoms with E-state index in [1.807, 2.05) is 6.07 Å². The number of hydrogen-bond acceptors (Lipinski definition) is 2. The molecule has 2 N–H and O–H groups in total. The molecule has 0 aliphatic heterocycles. The van der Waals surface area contributed by atoms with Crippen LogP contribution in [0.5, 0.6) is 5.75 Å². The average molecular weight is 242 g/mol. The molecule has 0 saturated carbocycles. The van der Waals surface area contributed by atoms with E-state index in [9.17, 15) is 5.11 Å². The van der Waals surface area contributed by atoms with Crippen LogP contribution in [0.25, 0.3) is 0 Å². The summed E-state index contributed by atoms with van der Waals surface area (Å²) in [6, 6.07) is 5.74. The summed E-state index contributed by atoms with van der Waals surface area (Å²) in [6.45, 7) is 4.37. The second-order valence-corrected chi connectivity index (χ2v) is 4.47. The van der Waals surface area contributed by atoms with Crippen molar-refractivity contribution in [3.63, 3.8) is 0 Å². The molecule has 0 radical (unpaired) electrons. The summed E-state index contributed by atoms with van der Waals surface area (Å²) in [5, 5.41) is 13.2. The number of unbranched alkanes of at least 4 members (excludes halogenated alkanes) is 1. The summed E-state index contributed by atoms with van der Waals surface area (Å²) in [6.07, 6.45) is 4.72. The van der Waals surface area contributed by atoms with E-state index in [0.717, 1.165) is 12.1 Å². The minimum absolute atomic E-state index is 0.133. The molecule has 0 bridgehead atoms. The first-order valence-corrected chi connectivity index (χ1v) is 6.30. The summed E-state index contributed by atoms with van der Waals surface area (Å²) in [4.78, 5) is 0. The molecule has 0 fully saturated rings. The van der Waals surface area contributed by atoms with Crippen molar-refractivity contribution in [1.29, 1.82) is 0 Å². The van der Waals surface area contributed by atoms with Gasteiger partial charge in [0, 0.05) is 11.7 Å². The van der Waals surface area contributed by atoms with Crippen LogP contribution in [0.2, 0.25) is 5.02 Å². The zero-order valence-corrected chi connectivity index (χ0v) is 10.7. The molecular formula is C13H20ClNO. The number of nitrogens with one attached hydrogen (secondary N) is 1. The van der Waals surface area contributed by atoms with Gasteiger partial charge in [-0.25, -0.2) is 0 Å². The molecule has 1 aromatic carbocycles. The first-order valence-electron chi connectivity index (χ1n) is 5.92. The maximum absolute atomic E-state index is 9.32. The van der Waals surface area contributed by atoms with E-state index < -0.39 is 0 Å². The van der Waals surface area contributed by atoms with Crippen molar-refractivity contribution in [2.24, 2.45) is 0 Å². The molecule has 0 heterocycles. The number of aromatic hydroxyl groups is 1. The Balaban J connectivity index is 2.59. The summed E-state index contributed by atoms with van der Waals surface area (Å²) >= 11 is 5.85. The number of halogens is 1. The Bertz CT molecular complexity index is 328. The van der Waals surface area contributed by atoms with Crippen LogP contribution < -0.4 is 5.32 Å². The standard InChI is InChI=1S/C13H20ClNO/c1-3-5-6-10(4-2)15-11-7-8-13(16)12(14)9-11/h7-10,15-16H,3-6H2,1-2H3. The molecule has 0 spiro atoms. The smallest absolute Gasteiger partial charge is 0.134 e. The van der Waals surface area contributed by atoms with Crippen LogP contribution in [-0.4, -0.2) is 11.1 Å². The van der Waals surface area contributed by atoms with Gasteiger partial charge in [-0.15, -0.1) is 0 Å². The van der Waals surface area contributed by atoms with Crippen molar-refractivity contribution in [1.82, 2.24) is 0 Å². The summed E-state index contributed by atoms with van der Waals surface area (Å²) in [5.74, 6) is 0.133. The molecule has 16 heavy (non-hydrogen) atoms. The Morgan fingerprint density at radius 1 is 1.38 bits per heavy atom. The van der Waals surface area contributed by atoms with Crippen LogP contribution in [-0.2, 0) is 0 Å². The van der Waals surface area contributed by atoms with Crippen LogP contribution in [0.15, 0.2) is 18.2 Å². The lowest BCUT2D eigenvalue weighted by atomic mass is 10.1. The van der Waals surface area contributed by atoms with E-state index in [2.05, 4.69) is 19.2 Å². The average Bonchev–Trinajstić information content (AvgIpc) is 2.29. The largest absolute Gasteiger partial charge is 0.506 e. The topological polar surface area (TPSA) is 32.3 Å². The Morgan fingerprint density at radius 3 is 2.69 bits per heavy atom. The predicted octanol–water partition coefficient (Wildman–Crippen LogP) is 4.43. The van der Waals surface area contributed by atoms with Crippen molar-refractivity contribution in [3.05, 3.63) is 23.2 Å². The van der Waals surface area contributed by atoms with E-state index >= 15 is 0 Å². The number of phenolic OH excluding ortho intramolecular Hbond substituents is 1. The Kier molecular flexibility index (Phi) is 5.47. The van der Waals surface area contributed by atoms with Crippen LogP contribution >= 0.6 is 11.6 Å². The first kappa shape index (κ1) is 13.2. The van der Waals surface area contributed by atoms with Gasteiger partial charge in [0.1, 0.15) is 5.75 Å². The monoisotopic (exact) mass is 241 g/mol. The number of benzene rings is 1. The van der Waals surface area contributed by atoms with E-state index in [1.54, 1.807) is 12.1 Å². The van der Waals surface area contributed by atoms with E-state index in [4.69, 9.17) is 11.6 Å². The minimum Gasteiger partial charge on any atom is -0.506 e. The van der Waals surface area contributed by atoms with Crippen molar-refractivity contribution in [2.45, 2.75) is 45.6 Å². The molecule has 0 amide bonds. The van der Waals surface area contributed by atoms with E-state index in [-0.39, 0.29) is 5.75 Å². The van der Waals surface area contributed by atoms with Gasteiger partial charge in [-0.05, 0) is 31.0 Å². The van der Waals surface area contributed by atoms with Crippen molar-refractivity contribution in [3.8, 4) is 5.75 Å². The fraction of sp³-hybridized carbons (Fsp3) is 0.538. The van der Waals surface area contributed by atoms with E-state index in [0.29, 0.717) is 11.1 Å². The van der Waals surface area contributed by atoms with Crippen molar-refractivity contribution >= 4 is 17.3 Å². The summed E-state index contributed by atoms with van der Waals surface area (Å²) < 4.78 is 0. The van der Waals surface area contributed by atoms with Crippen molar-refractivity contribution < 1.29 is 5.11 Å². The number of phenols is 1. The summed E-state index contributed by atoms with van der Waals surface area (Å²) in [7, 11) is 0. The molecule has 1 atom stereocenters. The Hall–Kier alpha value is -0.890. The zero-order valence-electron chi connectivity index (χ0n) is 9.96. The Labute approximate surface area is 103 Å². The van der Waals surface area contributed by atoms with Gasteiger partial charge in [-0.3, -0.25) is 0 Å². The Morgan fingerprint density at radius 2 is 2.12 bits per heavy atom. The van der Waals surface area contributed by atoms with Crippen LogP contribution in [0.3, 0.4) is 0 Å². The first-order chi connectivity index (χ1) is 7.67. The maximum atomic E-state index is 9.32. The lowest BCUT2D eigenvalue weighted by Crippen LogP contribution is -2.18. The number of hydrogen-bond donors (Lipinski definition) is 2. The van der Waals surface area contributed by atoms with Gasteiger partial charge in [0.05, 0.1) is 5.02 Å². The SMILES string of the molecule is CCCCC(CC)Nc1ccc(O)c(Cl)c1. The second-order valence-electron chi connectivity index (χ2n) is 4.06. The molecule has 1 aromatic rings. The molecular weight excluding hydrogens is 222 g/mol. The fourth-order valence-electron chi connectivity index (χ4n) is 1.66. The third-order valence-corrected chi connectivity index (χ3v) is 3.02. The number of anilines is 1. The van der Waals surface area contributed by atoms with Gasteiger partial charge < -0.3 is 10.4 Å². The molecule has 0 aromatic heterocycles. The van der Waals surface area contributed by atoms with Gasteiger partial charge >= 0.3 is 0 Å². The summed E-state index contributed by atoms with van der Waals surface area (Å²) in [5.41, 5.74) is 0.978. The van der Waals surface area contributed by atoms with Crippen molar-refractivity contribution in [2.75, 3.05) is 5.32 Å². The third-order valence-electron chi connectivity index (χ3n) is 2.72. The van der Waals surface area contributed by atoms with E-state index in [1.165, 1.54) is 19.3 Å². The van der Waals surface area contributed by atoms with Gasteiger partial charge in [0.15, 0.2) is 0 Å². The van der Waals surface area contributed by atoms with Crippen LogP contribution in [0.1, 0.15) is 39.5 Å². The maximum Gasteiger partial charge on any atom is 0.134 e. The second kappa shape index (κ2) is 6.64. The molecule has 0 aliphatic rings. The third kappa shape index (κ3) is 3.93. The van der Waals surface area contributed by atoms with Gasteiger partial charge in [0.2, 0.25) is 0 Å². The fourth-order valence-corrected chi connectivity index (χ4v) is 1.84. The normalized spacial score (nSPS) is 12.4. The highest BCUT2D eigenvalue weighted by molar-refractivity contribution is 6.32. The molecule has 0 saturated heterocycles. The highest BCUT2D eigenvalue weighted by Gasteiger charge is 2.06.